The monoisotopic (exact) mass is 433 g/mol. The van der Waals surface area contributed by atoms with Crippen LogP contribution in [0.1, 0.15) is 42.0 Å². The highest BCUT2D eigenvalue weighted by Crippen LogP contribution is 2.44. The number of ether oxygens (including phenoxy) is 1. The average Bonchev–Trinajstić information content (AvgIpc) is 2.84. The Bertz CT molecular complexity index is 993. The minimum atomic E-state index is -0.0907. The van der Waals surface area contributed by atoms with E-state index in [9.17, 15) is 9.59 Å². The molecule has 6 heteroatoms. The Morgan fingerprint density at radius 3 is 2.81 bits per heavy atom. The van der Waals surface area contributed by atoms with E-state index in [2.05, 4.69) is 34.5 Å². The summed E-state index contributed by atoms with van der Waals surface area (Å²) in [7, 11) is 1.67. The van der Waals surface area contributed by atoms with Crippen molar-refractivity contribution in [2.75, 3.05) is 26.7 Å². The maximum atomic E-state index is 13.5. The van der Waals surface area contributed by atoms with E-state index >= 15 is 0 Å². The van der Waals surface area contributed by atoms with Crippen LogP contribution in [0.15, 0.2) is 48.5 Å². The number of hydrogen-bond acceptors (Lipinski definition) is 3. The molecule has 3 aliphatic heterocycles. The number of benzene rings is 2. The second kappa shape index (κ2) is 8.85. The van der Waals surface area contributed by atoms with Crippen LogP contribution in [0.25, 0.3) is 0 Å². The van der Waals surface area contributed by atoms with E-state index in [1.54, 1.807) is 7.11 Å². The van der Waals surface area contributed by atoms with Gasteiger partial charge in [-0.05, 0) is 60.9 Å². The fraction of sp³-hybridized carbons (Fsp3) is 0.462. The molecule has 6 nitrogen and oxygen atoms in total. The maximum absolute atomic E-state index is 13.5. The average molecular weight is 434 g/mol. The van der Waals surface area contributed by atoms with Crippen LogP contribution in [0.3, 0.4) is 0 Å². The zero-order valence-corrected chi connectivity index (χ0v) is 18.6. The van der Waals surface area contributed by atoms with Crippen LogP contribution in [-0.2, 0) is 17.6 Å². The smallest absolute Gasteiger partial charge is 0.317 e. The summed E-state index contributed by atoms with van der Waals surface area (Å²) in [6.07, 6.45) is 4.22. The van der Waals surface area contributed by atoms with Gasteiger partial charge in [0.05, 0.1) is 19.1 Å². The molecule has 0 radical (unpaired) electrons. The van der Waals surface area contributed by atoms with Gasteiger partial charge in [-0.2, -0.15) is 0 Å². The first-order chi connectivity index (χ1) is 15.7. The van der Waals surface area contributed by atoms with Gasteiger partial charge in [-0.15, -0.1) is 0 Å². The summed E-state index contributed by atoms with van der Waals surface area (Å²) in [5, 5.41) is 3.10. The summed E-state index contributed by atoms with van der Waals surface area (Å²) < 4.78 is 5.46. The zero-order chi connectivity index (χ0) is 22.1. The molecule has 0 spiro atoms. The molecule has 0 saturated carbocycles. The Hall–Kier alpha value is -3.02. The number of amides is 3. The van der Waals surface area contributed by atoms with Gasteiger partial charge in [0.25, 0.3) is 0 Å². The predicted octanol–water partition coefficient (Wildman–Crippen LogP) is 3.56. The number of urea groups is 1. The standard InChI is InChI=1S/C26H31N3O3/c1-32-20-10-9-19-12-15-28-24(22(19)16-20)17-23-21(25(28)30)8-5-14-29(23)26(31)27-13-11-18-6-3-2-4-7-18/h2-4,6-7,9-10,16,21,23-24H,5,8,11-15,17H2,1H3,(H,27,31)/t21-,23-,24-/m1/s1. The van der Waals surface area contributed by atoms with Crippen LogP contribution in [0.2, 0.25) is 0 Å². The third kappa shape index (κ3) is 3.83. The second-order valence-corrected chi connectivity index (χ2v) is 9.07. The Kier molecular flexibility index (Phi) is 5.77. The molecule has 32 heavy (non-hydrogen) atoms. The number of carbonyl (C=O) groups is 2. The predicted molar refractivity (Wildman–Crippen MR) is 123 cm³/mol. The zero-order valence-electron chi connectivity index (χ0n) is 18.6. The number of likely N-dealkylation sites (tertiary alicyclic amines) is 1. The normalized spacial score (nSPS) is 24.3. The van der Waals surface area contributed by atoms with Crippen LogP contribution in [0.4, 0.5) is 4.79 Å². The number of hydrogen-bond donors (Lipinski definition) is 1. The van der Waals surface area contributed by atoms with Crippen LogP contribution < -0.4 is 10.1 Å². The molecule has 5 rings (SSSR count). The van der Waals surface area contributed by atoms with Gasteiger partial charge in [-0.25, -0.2) is 4.79 Å². The van der Waals surface area contributed by atoms with E-state index in [4.69, 9.17) is 4.74 Å². The number of piperidine rings is 2. The third-order valence-corrected chi connectivity index (χ3v) is 7.35. The molecule has 0 bridgehead atoms. The number of nitrogens with zero attached hydrogens (tertiary/aromatic N) is 2. The molecule has 2 aromatic rings. The molecule has 168 valence electrons. The van der Waals surface area contributed by atoms with Gasteiger partial charge in [0.2, 0.25) is 5.91 Å². The molecule has 2 saturated heterocycles. The Morgan fingerprint density at radius 1 is 1.16 bits per heavy atom. The maximum Gasteiger partial charge on any atom is 0.317 e. The Morgan fingerprint density at radius 2 is 2.00 bits per heavy atom. The molecule has 2 fully saturated rings. The summed E-state index contributed by atoms with van der Waals surface area (Å²) in [5.41, 5.74) is 3.67. The highest BCUT2D eigenvalue weighted by molar-refractivity contribution is 5.83. The summed E-state index contributed by atoms with van der Waals surface area (Å²) in [5.74, 6) is 0.938. The van der Waals surface area contributed by atoms with Crippen molar-refractivity contribution in [2.24, 2.45) is 5.92 Å². The van der Waals surface area contributed by atoms with Crippen LogP contribution >= 0.6 is 0 Å². The van der Waals surface area contributed by atoms with Crippen molar-refractivity contribution in [3.05, 3.63) is 65.2 Å². The first kappa shape index (κ1) is 20.9. The summed E-state index contributed by atoms with van der Waals surface area (Å²) in [6, 6.07) is 16.3. The Labute approximate surface area is 189 Å². The molecule has 0 aliphatic carbocycles. The van der Waals surface area contributed by atoms with Gasteiger partial charge in [-0.1, -0.05) is 36.4 Å². The number of fused-ring (bicyclic) bond motifs is 4. The minimum absolute atomic E-state index is 0.0142. The summed E-state index contributed by atoms with van der Waals surface area (Å²) in [4.78, 5) is 30.6. The molecule has 1 N–H and O–H groups in total. The van der Waals surface area contributed by atoms with Crippen molar-refractivity contribution in [3.8, 4) is 5.75 Å². The molecule has 3 aliphatic rings. The van der Waals surface area contributed by atoms with E-state index < -0.39 is 0 Å². The molecule has 0 unspecified atom stereocenters. The highest BCUT2D eigenvalue weighted by Gasteiger charge is 2.48. The number of methoxy groups -OCH3 is 1. The van der Waals surface area contributed by atoms with E-state index in [0.717, 1.165) is 44.4 Å². The molecule has 0 aromatic heterocycles. The van der Waals surface area contributed by atoms with E-state index in [1.807, 2.05) is 29.2 Å². The fourth-order valence-electron chi connectivity index (χ4n) is 5.71. The van der Waals surface area contributed by atoms with Gasteiger partial charge >= 0.3 is 6.03 Å². The van der Waals surface area contributed by atoms with Crippen molar-refractivity contribution in [1.29, 1.82) is 0 Å². The van der Waals surface area contributed by atoms with Crippen molar-refractivity contribution in [2.45, 2.75) is 44.2 Å². The lowest BCUT2D eigenvalue weighted by Crippen LogP contribution is -2.61. The van der Waals surface area contributed by atoms with Crippen molar-refractivity contribution in [1.82, 2.24) is 15.1 Å². The highest BCUT2D eigenvalue weighted by atomic mass is 16.5. The molecular weight excluding hydrogens is 402 g/mol. The molecule has 3 heterocycles. The molecular formula is C26H31N3O3. The molecule has 2 aromatic carbocycles. The van der Waals surface area contributed by atoms with Crippen molar-refractivity contribution >= 4 is 11.9 Å². The second-order valence-electron chi connectivity index (χ2n) is 9.07. The topological polar surface area (TPSA) is 61.9 Å². The lowest BCUT2D eigenvalue weighted by molar-refractivity contribution is -0.148. The number of rotatable bonds is 4. The SMILES string of the molecule is COc1ccc2c(c1)[C@H]1C[C@@H]3[C@@H](CCCN3C(=O)NCCc3ccccc3)C(=O)N1CC2. The quantitative estimate of drug-likeness (QED) is 0.802. The van der Waals surface area contributed by atoms with Crippen LogP contribution in [0, 0.1) is 5.92 Å². The Balaban J connectivity index is 1.33. The van der Waals surface area contributed by atoms with Gasteiger partial charge in [-0.3, -0.25) is 4.79 Å². The van der Waals surface area contributed by atoms with E-state index in [-0.39, 0.29) is 29.9 Å². The number of nitrogens with one attached hydrogen (secondary N) is 1. The van der Waals surface area contributed by atoms with Crippen molar-refractivity contribution in [3.63, 3.8) is 0 Å². The minimum Gasteiger partial charge on any atom is -0.497 e. The van der Waals surface area contributed by atoms with E-state index in [0.29, 0.717) is 13.1 Å². The number of carbonyl (C=O) groups excluding carboxylic acids is 2. The lowest BCUT2D eigenvalue weighted by Gasteiger charge is -2.51. The van der Waals surface area contributed by atoms with Crippen LogP contribution in [0.5, 0.6) is 5.75 Å². The van der Waals surface area contributed by atoms with Crippen LogP contribution in [-0.4, -0.2) is 54.5 Å². The molecule has 3 amide bonds. The summed E-state index contributed by atoms with van der Waals surface area (Å²) >= 11 is 0. The first-order valence-electron chi connectivity index (χ1n) is 11.7. The summed E-state index contributed by atoms with van der Waals surface area (Å²) in [6.45, 7) is 2.07. The van der Waals surface area contributed by atoms with E-state index in [1.165, 1.54) is 16.7 Å². The third-order valence-electron chi connectivity index (χ3n) is 7.35. The largest absolute Gasteiger partial charge is 0.497 e. The van der Waals surface area contributed by atoms with Gasteiger partial charge in [0, 0.05) is 25.7 Å². The lowest BCUT2D eigenvalue weighted by atomic mass is 9.76. The molecule has 3 atom stereocenters. The van der Waals surface area contributed by atoms with Gasteiger partial charge in [0.15, 0.2) is 0 Å². The first-order valence-corrected chi connectivity index (χ1v) is 11.7. The van der Waals surface area contributed by atoms with Gasteiger partial charge < -0.3 is 19.9 Å². The van der Waals surface area contributed by atoms with Gasteiger partial charge in [0.1, 0.15) is 5.75 Å². The van der Waals surface area contributed by atoms with Crippen molar-refractivity contribution < 1.29 is 14.3 Å². The fourth-order valence-corrected chi connectivity index (χ4v) is 5.71.